The monoisotopic (exact) mass is 491 g/mol. The average Bonchev–Trinajstić information content (AvgIpc) is 3.13. The standard InChI is InChI=1S/C26H26ClN5O3/c1-30-23-18-9-11-28-13-17(18)7-8-21(23)35-15-20(25(30)33)31-12-10-19-22(26(31)34)29-32(24(19)27)14-16-5-3-2-4-6-16/h2-8,20,28H,9-15H2,1H3/t20-/m0/s1. The van der Waals surface area contributed by atoms with Crippen LogP contribution in [-0.4, -0.2) is 59.3 Å². The number of nitrogens with one attached hydrogen (secondary N) is 1. The number of aromatic nitrogens is 2. The van der Waals surface area contributed by atoms with Gasteiger partial charge in [-0.2, -0.15) is 5.10 Å². The maximum Gasteiger partial charge on any atom is 0.275 e. The largest absolute Gasteiger partial charge is 0.489 e. The molecule has 3 aliphatic rings. The number of carbonyl (C=O) groups is 2. The quantitative estimate of drug-likeness (QED) is 0.609. The van der Waals surface area contributed by atoms with E-state index in [9.17, 15) is 9.59 Å². The van der Waals surface area contributed by atoms with Crippen molar-refractivity contribution in [2.24, 2.45) is 0 Å². The fourth-order valence-corrected chi connectivity index (χ4v) is 5.60. The number of nitrogens with zero attached hydrogens (tertiary/aromatic N) is 4. The van der Waals surface area contributed by atoms with Gasteiger partial charge in [0.05, 0.1) is 12.2 Å². The summed E-state index contributed by atoms with van der Waals surface area (Å²) in [5.41, 5.74) is 5.23. The van der Waals surface area contributed by atoms with Gasteiger partial charge in [-0.05, 0) is 42.1 Å². The molecular weight excluding hydrogens is 466 g/mol. The van der Waals surface area contributed by atoms with Gasteiger partial charge in [-0.25, -0.2) is 4.68 Å². The minimum Gasteiger partial charge on any atom is -0.489 e. The third kappa shape index (κ3) is 3.68. The Morgan fingerprint density at radius 3 is 2.77 bits per heavy atom. The molecule has 0 saturated carbocycles. The van der Waals surface area contributed by atoms with E-state index < -0.39 is 6.04 Å². The summed E-state index contributed by atoms with van der Waals surface area (Å²) in [7, 11) is 1.77. The fraction of sp³-hybridized carbons (Fsp3) is 0.346. The van der Waals surface area contributed by atoms with Crippen LogP contribution in [0.25, 0.3) is 0 Å². The molecule has 1 N–H and O–H groups in total. The number of rotatable bonds is 3. The molecule has 0 saturated heterocycles. The number of anilines is 1. The average molecular weight is 492 g/mol. The van der Waals surface area contributed by atoms with Crippen LogP contribution in [0.15, 0.2) is 42.5 Å². The third-order valence-corrected chi connectivity index (χ3v) is 7.58. The highest BCUT2D eigenvalue weighted by Crippen LogP contribution is 2.38. The molecule has 3 aromatic rings. The normalized spacial score (nSPS) is 19.5. The Kier molecular flexibility index (Phi) is 5.50. The predicted octanol–water partition coefficient (Wildman–Crippen LogP) is 2.65. The molecule has 0 aliphatic carbocycles. The number of likely N-dealkylation sites (N-methyl/N-ethyl adjacent to an activating group) is 1. The number of amides is 2. The molecule has 2 amide bonds. The number of hydrogen-bond donors (Lipinski definition) is 1. The number of ether oxygens (including phenoxy) is 1. The van der Waals surface area contributed by atoms with Crippen LogP contribution in [0.1, 0.15) is 32.7 Å². The second-order valence-corrected chi connectivity index (χ2v) is 9.57. The van der Waals surface area contributed by atoms with Crippen molar-refractivity contribution < 1.29 is 14.3 Å². The Morgan fingerprint density at radius 2 is 1.94 bits per heavy atom. The first-order valence-corrected chi connectivity index (χ1v) is 12.3. The van der Waals surface area contributed by atoms with Gasteiger partial charge in [0, 0.05) is 25.7 Å². The molecule has 0 fully saturated rings. The third-order valence-electron chi connectivity index (χ3n) is 7.16. The molecule has 2 aromatic carbocycles. The van der Waals surface area contributed by atoms with Gasteiger partial charge in [-0.3, -0.25) is 9.59 Å². The van der Waals surface area contributed by atoms with Gasteiger partial charge in [-0.15, -0.1) is 0 Å². The van der Waals surface area contributed by atoms with Crippen LogP contribution in [-0.2, 0) is 30.7 Å². The number of fused-ring (bicyclic) bond motifs is 4. The number of hydrogen-bond acceptors (Lipinski definition) is 5. The van der Waals surface area contributed by atoms with Gasteiger partial charge < -0.3 is 19.9 Å². The lowest BCUT2D eigenvalue weighted by Crippen LogP contribution is -2.54. The van der Waals surface area contributed by atoms with Gasteiger partial charge in [-0.1, -0.05) is 48.0 Å². The Morgan fingerprint density at radius 1 is 1.11 bits per heavy atom. The van der Waals surface area contributed by atoms with Crippen LogP contribution in [0.2, 0.25) is 5.15 Å². The highest BCUT2D eigenvalue weighted by atomic mass is 35.5. The summed E-state index contributed by atoms with van der Waals surface area (Å²) < 4.78 is 7.80. The fourth-order valence-electron chi connectivity index (χ4n) is 5.32. The predicted molar refractivity (Wildman–Crippen MR) is 132 cm³/mol. The Bertz CT molecular complexity index is 1320. The summed E-state index contributed by atoms with van der Waals surface area (Å²) >= 11 is 6.62. The van der Waals surface area contributed by atoms with Gasteiger partial charge in [0.25, 0.3) is 11.8 Å². The summed E-state index contributed by atoms with van der Waals surface area (Å²) in [4.78, 5) is 30.5. The molecule has 4 heterocycles. The molecule has 0 unspecified atom stereocenters. The highest BCUT2D eigenvalue weighted by Gasteiger charge is 2.41. The van der Waals surface area contributed by atoms with E-state index in [-0.39, 0.29) is 18.4 Å². The summed E-state index contributed by atoms with van der Waals surface area (Å²) in [6.07, 6.45) is 1.36. The molecular formula is C26H26ClN5O3. The van der Waals surface area contributed by atoms with Gasteiger partial charge in [0.2, 0.25) is 0 Å². The Balaban J connectivity index is 1.29. The Labute approximate surface area is 208 Å². The van der Waals surface area contributed by atoms with Crippen molar-refractivity contribution >= 4 is 29.1 Å². The second kappa shape index (κ2) is 8.70. The first-order chi connectivity index (χ1) is 17.0. The molecule has 180 valence electrons. The lowest BCUT2D eigenvalue weighted by Gasteiger charge is -2.33. The van der Waals surface area contributed by atoms with Crippen LogP contribution in [0.4, 0.5) is 5.69 Å². The van der Waals surface area contributed by atoms with Crippen molar-refractivity contribution in [1.29, 1.82) is 0 Å². The minimum absolute atomic E-state index is 0.104. The molecule has 9 heteroatoms. The van der Waals surface area contributed by atoms with E-state index in [1.165, 1.54) is 5.56 Å². The molecule has 6 rings (SSSR count). The molecule has 1 aromatic heterocycles. The Hall–Kier alpha value is -3.36. The zero-order valence-electron chi connectivity index (χ0n) is 19.5. The summed E-state index contributed by atoms with van der Waals surface area (Å²) in [5.74, 6) is 0.249. The van der Waals surface area contributed by atoms with Crippen LogP contribution in [0, 0.1) is 0 Å². The van der Waals surface area contributed by atoms with Crippen LogP contribution < -0.4 is 15.0 Å². The van der Waals surface area contributed by atoms with Gasteiger partial charge in [0.1, 0.15) is 23.6 Å². The number of benzene rings is 2. The molecule has 3 aliphatic heterocycles. The van der Waals surface area contributed by atoms with E-state index >= 15 is 0 Å². The molecule has 0 spiro atoms. The van der Waals surface area contributed by atoms with Gasteiger partial charge in [0.15, 0.2) is 5.69 Å². The summed E-state index contributed by atoms with van der Waals surface area (Å²) in [5, 5.41) is 8.40. The minimum atomic E-state index is -0.733. The van der Waals surface area contributed by atoms with E-state index in [1.54, 1.807) is 21.5 Å². The molecule has 35 heavy (non-hydrogen) atoms. The molecule has 1 atom stereocenters. The van der Waals surface area contributed by atoms with Crippen molar-refractivity contribution in [1.82, 2.24) is 20.0 Å². The lowest BCUT2D eigenvalue weighted by atomic mass is 9.97. The van der Waals surface area contributed by atoms with Crippen LogP contribution >= 0.6 is 11.6 Å². The maximum absolute atomic E-state index is 13.6. The first kappa shape index (κ1) is 22.1. The molecule has 0 radical (unpaired) electrons. The zero-order valence-corrected chi connectivity index (χ0v) is 20.2. The van der Waals surface area contributed by atoms with E-state index in [0.717, 1.165) is 41.9 Å². The van der Waals surface area contributed by atoms with Crippen molar-refractivity contribution in [3.05, 3.63) is 75.6 Å². The van der Waals surface area contributed by atoms with Crippen molar-refractivity contribution in [3.63, 3.8) is 0 Å². The van der Waals surface area contributed by atoms with Gasteiger partial charge >= 0.3 is 0 Å². The van der Waals surface area contributed by atoms with E-state index in [1.807, 2.05) is 36.4 Å². The molecule has 0 bridgehead atoms. The van der Waals surface area contributed by atoms with Crippen LogP contribution in [0.3, 0.4) is 0 Å². The lowest BCUT2D eigenvalue weighted by molar-refractivity contribution is -0.123. The van der Waals surface area contributed by atoms with E-state index in [0.29, 0.717) is 36.1 Å². The number of carbonyl (C=O) groups excluding carboxylic acids is 2. The topological polar surface area (TPSA) is 79.7 Å². The van der Waals surface area contributed by atoms with Crippen molar-refractivity contribution in [2.75, 3.05) is 31.6 Å². The van der Waals surface area contributed by atoms with E-state index in [2.05, 4.69) is 16.5 Å². The highest BCUT2D eigenvalue weighted by molar-refractivity contribution is 6.31. The number of halogens is 1. The van der Waals surface area contributed by atoms with Crippen molar-refractivity contribution in [3.8, 4) is 5.75 Å². The van der Waals surface area contributed by atoms with E-state index in [4.69, 9.17) is 16.3 Å². The summed E-state index contributed by atoms with van der Waals surface area (Å²) in [6, 6.07) is 13.1. The maximum atomic E-state index is 13.6. The van der Waals surface area contributed by atoms with Crippen LogP contribution in [0.5, 0.6) is 5.75 Å². The molecule has 8 nitrogen and oxygen atoms in total. The zero-order chi connectivity index (χ0) is 24.1. The second-order valence-electron chi connectivity index (χ2n) is 9.21. The summed E-state index contributed by atoms with van der Waals surface area (Å²) in [6.45, 7) is 2.59. The first-order valence-electron chi connectivity index (χ1n) is 11.9. The smallest absolute Gasteiger partial charge is 0.275 e. The van der Waals surface area contributed by atoms with Crippen molar-refractivity contribution in [2.45, 2.75) is 32.0 Å². The SMILES string of the molecule is CN1C(=O)[C@@H](N2CCc3c(nn(Cc4ccccc4)c3Cl)C2=O)COc2ccc3c(c21)CCNC3.